The van der Waals surface area contributed by atoms with Gasteiger partial charge in [-0.05, 0) is 71.9 Å². The van der Waals surface area contributed by atoms with Crippen LogP contribution in [0.5, 0.6) is 0 Å². The topological polar surface area (TPSA) is 156 Å². The highest BCUT2D eigenvalue weighted by Gasteiger charge is 2.58. The molecule has 2 N–H and O–H groups in total. The van der Waals surface area contributed by atoms with E-state index in [4.69, 9.17) is 33.2 Å². The molecular weight excluding hydrogens is 937 g/mol. The average molecular weight is 1010 g/mol. The van der Waals surface area contributed by atoms with Gasteiger partial charge in [-0.1, -0.05) is 203 Å². The first kappa shape index (κ1) is 53.8. The van der Waals surface area contributed by atoms with Gasteiger partial charge in [0.15, 0.2) is 18.7 Å². The molecule has 2 aliphatic rings. The third-order valence-electron chi connectivity index (χ3n) is 14.2. The number of carbonyl (C=O) groups is 3. The maximum Gasteiger partial charge on any atom is 0.309 e. The minimum absolute atomic E-state index is 0.00444. The van der Waals surface area contributed by atoms with E-state index in [2.05, 4.69) is 0 Å². The minimum Gasteiger partial charge on any atom is -0.455 e. The first-order valence-corrected chi connectivity index (χ1v) is 26.0. The molecule has 0 radical (unpaired) electrons. The zero-order valence-electron chi connectivity index (χ0n) is 42.5. The van der Waals surface area contributed by atoms with Crippen LogP contribution in [0, 0.1) is 11.8 Å². The highest BCUT2D eigenvalue weighted by molar-refractivity contribution is 5.74. The summed E-state index contributed by atoms with van der Waals surface area (Å²) in [7, 11) is 0. The molecule has 8 rings (SSSR count). The molecule has 0 aliphatic carbocycles. The second-order valence-electron chi connectivity index (χ2n) is 19.1. The molecule has 0 saturated carbocycles. The fourth-order valence-corrected chi connectivity index (χ4v) is 10.7. The molecule has 2 aliphatic heterocycles. The van der Waals surface area contributed by atoms with Gasteiger partial charge in [-0.2, -0.15) is 0 Å². The summed E-state index contributed by atoms with van der Waals surface area (Å²) in [6.45, 7) is 4.61. The molecule has 7 atom stereocenters. The number of ether oxygens (including phenoxy) is 7. The van der Waals surface area contributed by atoms with Crippen LogP contribution in [-0.4, -0.2) is 71.6 Å². The summed E-state index contributed by atoms with van der Waals surface area (Å²) in [6, 6.07) is 58.0. The van der Waals surface area contributed by atoms with Gasteiger partial charge in [-0.15, -0.1) is 0 Å². The molecule has 12 heteroatoms. The molecule has 2 saturated heterocycles. The molecule has 0 bridgehead atoms. The Hall–Kier alpha value is -6.51. The van der Waals surface area contributed by atoms with Crippen LogP contribution in [0.15, 0.2) is 182 Å². The van der Waals surface area contributed by atoms with Gasteiger partial charge in [0.2, 0.25) is 5.79 Å². The zero-order valence-corrected chi connectivity index (χ0v) is 42.5. The normalized spacial score (nSPS) is 22.5. The van der Waals surface area contributed by atoms with Crippen molar-refractivity contribution in [1.82, 2.24) is 0 Å². The van der Waals surface area contributed by atoms with Crippen molar-refractivity contribution in [2.24, 2.45) is 11.8 Å². The van der Waals surface area contributed by atoms with Crippen molar-refractivity contribution in [2.75, 3.05) is 13.2 Å². The van der Waals surface area contributed by atoms with Crippen LogP contribution in [0.2, 0.25) is 0 Å². The van der Waals surface area contributed by atoms with E-state index in [1.54, 1.807) is 0 Å². The van der Waals surface area contributed by atoms with Gasteiger partial charge in [-0.3, -0.25) is 14.4 Å². The summed E-state index contributed by atoms with van der Waals surface area (Å²) in [6.07, 6.45) is -2.67. The lowest BCUT2D eigenvalue weighted by Crippen LogP contribution is -2.61. The van der Waals surface area contributed by atoms with Crippen LogP contribution < -0.4 is 0 Å². The van der Waals surface area contributed by atoms with E-state index < -0.39 is 84.4 Å². The third-order valence-corrected chi connectivity index (χ3v) is 14.2. The number of hydrogen-bond donors (Lipinski definition) is 2. The molecule has 0 amide bonds. The van der Waals surface area contributed by atoms with E-state index in [-0.39, 0.29) is 44.9 Å². The van der Waals surface area contributed by atoms with Gasteiger partial charge in [0.05, 0.1) is 5.92 Å². The van der Waals surface area contributed by atoms with Crippen LogP contribution >= 0.6 is 0 Å². The number of carbonyl (C=O) groups excluding carboxylic acids is 3. The quantitative estimate of drug-likeness (QED) is 0.0378. The van der Waals surface area contributed by atoms with Crippen molar-refractivity contribution in [3.63, 3.8) is 0 Å². The van der Waals surface area contributed by atoms with Crippen molar-refractivity contribution >= 4 is 17.9 Å². The monoisotopic (exact) mass is 1000 g/mol. The molecular formula is C62H68O12. The minimum atomic E-state index is -2.16. The van der Waals surface area contributed by atoms with Gasteiger partial charge in [0.1, 0.15) is 24.4 Å². The average Bonchev–Trinajstić information content (AvgIpc) is 3.42. The number of aliphatic hydroxyl groups is 2. The lowest BCUT2D eigenvalue weighted by atomic mass is 9.77. The Morgan fingerprint density at radius 1 is 0.500 bits per heavy atom. The lowest BCUT2D eigenvalue weighted by molar-refractivity contribution is -0.363. The number of aliphatic hydroxyl groups excluding tert-OH is 2. The van der Waals surface area contributed by atoms with Gasteiger partial charge < -0.3 is 43.4 Å². The van der Waals surface area contributed by atoms with E-state index >= 15 is 4.79 Å². The number of esters is 3. The summed E-state index contributed by atoms with van der Waals surface area (Å²) < 4.78 is 46.8. The Bertz CT molecular complexity index is 2500. The smallest absolute Gasteiger partial charge is 0.309 e. The van der Waals surface area contributed by atoms with Gasteiger partial charge >= 0.3 is 17.9 Å². The Balaban J connectivity index is 1.20. The van der Waals surface area contributed by atoms with Crippen molar-refractivity contribution in [1.29, 1.82) is 0 Å². The Morgan fingerprint density at radius 3 is 1.18 bits per heavy atom. The van der Waals surface area contributed by atoms with E-state index in [0.717, 1.165) is 33.4 Å². The zero-order chi connectivity index (χ0) is 52.0. The van der Waals surface area contributed by atoms with Crippen LogP contribution in [0.3, 0.4) is 0 Å². The molecule has 0 aromatic heterocycles. The van der Waals surface area contributed by atoms with Crippen LogP contribution in [0.4, 0.5) is 0 Å². The van der Waals surface area contributed by atoms with Crippen LogP contribution in [-0.2, 0) is 58.7 Å². The summed E-state index contributed by atoms with van der Waals surface area (Å²) >= 11 is 0. The van der Waals surface area contributed by atoms with Crippen molar-refractivity contribution in [3.8, 4) is 0 Å². The Labute approximate surface area is 434 Å². The predicted molar refractivity (Wildman–Crippen MR) is 278 cm³/mol. The van der Waals surface area contributed by atoms with Crippen molar-refractivity contribution in [2.45, 2.75) is 120 Å². The van der Waals surface area contributed by atoms with E-state index in [0.29, 0.717) is 12.8 Å². The first-order valence-electron chi connectivity index (χ1n) is 26.0. The lowest BCUT2D eigenvalue weighted by Gasteiger charge is -2.49. The fraction of sp³-hybridized carbons (Fsp3) is 0.371. The van der Waals surface area contributed by atoms with Crippen LogP contribution in [0.25, 0.3) is 0 Å². The molecule has 2 heterocycles. The molecule has 388 valence electrons. The molecule has 6 aromatic rings. The Morgan fingerprint density at radius 2 is 0.824 bits per heavy atom. The molecule has 2 fully saturated rings. The summed E-state index contributed by atoms with van der Waals surface area (Å²) in [5.74, 6) is -8.14. The SMILES string of the molecule is CCCC(=O)OC1(COC(c2ccccc2)(c2ccccc2)c2ccccc2)OC(O)CCC1OC(=O)C(CC)C1CCC(O)OC1(COC(c1ccccc1)(c1ccccc1)c1ccccc1)OC(=O)CCC. The molecule has 6 aromatic carbocycles. The highest BCUT2D eigenvalue weighted by Crippen LogP contribution is 2.48. The number of rotatable bonds is 22. The maximum absolute atomic E-state index is 15.4. The number of hydrogen-bond acceptors (Lipinski definition) is 12. The van der Waals surface area contributed by atoms with Gasteiger partial charge in [0, 0.05) is 25.2 Å². The molecule has 12 nitrogen and oxygen atoms in total. The summed E-state index contributed by atoms with van der Waals surface area (Å²) in [5.41, 5.74) is 1.98. The summed E-state index contributed by atoms with van der Waals surface area (Å²) in [4.78, 5) is 43.3. The largest absolute Gasteiger partial charge is 0.455 e. The van der Waals surface area contributed by atoms with Gasteiger partial charge in [-0.25, -0.2) is 0 Å². The molecule has 74 heavy (non-hydrogen) atoms. The first-order chi connectivity index (χ1) is 36.0. The summed E-state index contributed by atoms with van der Waals surface area (Å²) in [5, 5.41) is 22.8. The predicted octanol–water partition coefficient (Wildman–Crippen LogP) is 10.9. The molecule has 7 unspecified atom stereocenters. The maximum atomic E-state index is 15.4. The second-order valence-corrected chi connectivity index (χ2v) is 19.1. The highest BCUT2D eigenvalue weighted by atomic mass is 16.8. The number of benzene rings is 6. The Kier molecular flexibility index (Phi) is 17.9. The van der Waals surface area contributed by atoms with E-state index in [1.165, 1.54) is 0 Å². The fourth-order valence-electron chi connectivity index (χ4n) is 10.7. The van der Waals surface area contributed by atoms with E-state index in [9.17, 15) is 19.8 Å². The standard InChI is InChI=1S/C62H68O12/c1-4-25-54(63)71-59(43-68-61(45-27-13-7-14-28-45,46-29-15-8-16-30-46)47-31-17-9-18-32-47)52(39-41-56(65)72-59)51(6-3)58(67)70-53-40-42-57(66)74-60(53,73-55(64)26-5-2)44-69-62(48-33-19-10-20-34-48,49-35-21-11-22-36-49)50-37-23-12-24-38-50/h7-24,27-38,51-53,56-57,65-66H,4-6,25-26,39-44H2,1-3H3. The molecule has 0 spiro atoms. The van der Waals surface area contributed by atoms with E-state index in [1.807, 2.05) is 203 Å². The van der Waals surface area contributed by atoms with Crippen molar-refractivity contribution < 1.29 is 57.8 Å². The van der Waals surface area contributed by atoms with Gasteiger partial charge in [0.25, 0.3) is 5.79 Å². The second kappa shape index (κ2) is 24.7. The van der Waals surface area contributed by atoms with Crippen molar-refractivity contribution in [3.05, 3.63) is 215 Å². The van der Waals surface area contributed by atoms with Crippen LogP contribution in [0.1, 0.15) is 112 Å². The third kappa shape index (κ3) is 11.6.